The van der Waals surface area contributed by atoms with Gasteiger partial charge in [-0.1, -0.05) is 31.5 Å². The molecule has 0 amide bonds. The Morgan fingerprint density at radius 2 is 2.05 bits per heavy atom. The average Bonchev–Trinajstić information content (AvgIpc) is 2.31. The van der Waals surface area contributed by atoms with Crippen LogP contribution in [0.2, 0.25) is 0 Å². The molecule has 1 fully saturated rings. The van der Waals surface area contributed by atoms with Crippen LogP contribution in [0.5, 0.6) is 0 Å². The molecule has 0 saturated heterocycles. The van der Waals surface area contributed by atoms with Crippen molar-refractivity contribution in [3.63, 3.8) is 0 Å². The summed E-state index contributed by atoms with van der Waals surface area (Å²) in [6, 6.07) is 4.00. The Hall–Kier alpha value is -1.30. The molecule has 110 valence electrons. The van der Waals surface area contributed by atoms with E-state index in [1.165, 1.54) is 25.3 Å². The number of rotatable bonds is 5. The van der Waals surface area contributed by atoms with Crippen LogP contribution in [0.3, 0.4) is 0 Å². The van der Waals surface area contributed by atoms with Crippen LogP contribution in [0, 0.1) is 5.92 Å². The Morgan fingerprint density at radius 3 is 2.55 bits per heavy atom. The van der Waals surface area contributed by atoms with Gasteiger partial charge in [0.1, 0.15) is 4.99 Å². The number of benzene rings is 1. The molecule has 0 aliphatic heterocycles. The molecule has 0 heterocycles. The Morgan fingerprint density at radius 1 is 1.35 bits per heavy atom. The van der Waals surface area contributed by atoms with E-state index in [0.717, 1.165) is 18.4 Å². The maximum Gasteiger partial charge on any atom is 0.417 e. The predicted molar refractivity (Wildman–Crippen MR) is 77.8 cm³/mol. The number of hydrogen-bond acceptors (Lipinski definition) is 2. The summed E-state index contributed by atoms with van der Waals surface area (Å²) in [7, 11) is 0. The van der Waals surface area contributed by atoms with Crippen molar-refractivity contribution < 1.29 is 13.2 Å². The molecule has 0 aromatic heterocycles. The molecule has 2 rings (SSSR count). The van der Waals surface area contributed by atoms with Gasteiger partial charge in [0.2, 0.25) is 0 Å². The molecule has 0 spiro atoms. The van der Waals surface area contributed by atoms with Gasteiger partial charge in [0, 0.05) is 17.8 Å². The summed E-state index contributed by atoms with van der Waals surface area (Å²) in [5.41, 5.74) is 4.89. The van der Waals surface area contributed by atoms with Gasteiger partial charge in [0.25, 0.3) is 0 Å². The van der Waals surface area contributed by atoms with Crippen molar-refractivity contribution in [1.82, 2.24) is 0 Å². The first kappa shape index (κ1) is 15.1. The highest BCUT2D eigenvalue weighted by molar-refractivity contribution is 7.80. The van der Waals surface area contributed by atoms with Crippen LogP contribution >= 0.6 is 12.2 Å². The van der Waals surface area contributed by atoms with E-state index in [1.54, 1.807) is 6.07 Å². The molecule has 1 aliphatic carbocycles. The highest BCUT2D eigenvalue weighted by atomic mass is 32.1. The van der Waals surface area contributed by atoms with Crippen LogP contribution in [0.15, 0.2) is 18.2 Å². The van der Waals surface area contributed by atoms with E-state index in [0.29, 0.717) is 12.2 Å². The second kappa shape index (κ2) is 5.99. The van der Waals surface area contributed by atoms with Crippen molar-refractivity contribution in [1.29, 1.82) is 0 Å². The molecular weight excluding hydrogens is 285 g/mol. The number of anilines is 1. The summed E-state index contributed by atoms with van der Waals surface area (Å²) in [6.07, 6.45) is 0.278. The molecule has 1 aromatic carbocycles. The fourth-order valence-electron chi connectivity index (χ4n) is 2.31. The third-order valence-corrected chi connectivity index (χ3v) is 3.92. The highest BCUT2D eigenvalue weighted by Crippen LogP contribution is 2.34. The summed E-state index contributed by atoms with van der Waals surface area (Å²) < 4.78 is 38.9. The summed E-state index contributed by atoms with van der Waals surface area (Å²) in [6.45, 7) is 0.689. The number of thiocarbonyl (C=S) groups is 1. The summed E-state index contributed by atoms with van der Waals surface area (Å²) in [4.78, 5) is -0.238. The van der Waals surface area contributed by atoms with Gasteiger partial charge in [-0.05, 0) is 30.5 Å². The zero-order valence-corrected chi connectivity index (χ0v) is 11.8. The van der Waals surface area contributed by atoms with Crippen molar-refractivity contribution in [2.24, 2.45) is 11.7 Å². The van der Waals surface area contributed by atoms with Crippen molar-refractivity contribution in [3.05, 3.63) is 29.3 Å². The Kier molecular flexibility index (Phi) is 4.52. The lowest BCUT2D eigenvalue weighted by Crippen LogP contribution is -2.19. The SMILES string of the molecule is NC(=S)c1ccc(NCCC2CCC2)cc1C(F)(F)F. The summed E-state index contributed by atoms with van der Waals surface area (Å²) in [5, 5.41) is 3.04. The van der Waals surface area contributed by atoms with Crippen LogP contribution in [-0.2, 0) is 6.18 Å². The van der Waals surface area contributed by atoms with Gasteiger partial charge >= 0.3 is 6.18 Å². The van der Waals surface area contributed by atoms with Gasteiger partial charge < -0.3 is 11.1 Å². The minimum Gasteiger partial charge on any atom is -0.389 e. The molecule has 0 unspecified atom stereocenters. The Balaban J connectivity index is 2.08. The van der Waals surface area contributed by atoms with E-state index < -0.39 is 11.7 Å². The molecule has 20 heavy (non-hydrogen) atoms. The van der Waals surface area contributed by atoms with E-state index in [1.807, 2.05) is 0 Å². The number of hydrogen-bond donors (Lipinski definition) is 2. The van der Waals surface area contributed by atoms with Gasteiger partial charge in [-0.3, -0.25) is 0 Å². The first-order chi connectivity index (χ1) is 9.38. The Bertz CT molecular complexity index is 496. The molecule has 3 N–H and O–H groups in total. The van der Waals surface area contributed by atoms with Gasteiger partial charge in [-0.2, -0.15) is 13.2 Å². The lowest BCUT2D eigenvalue weighted by molar-refractivity contribution is -0.137. The van der Waals surface area contributed by atoms with Gasteiger partial charge in [0.05, 0.1) is 5.56 Å². The Labute approximate surface area is 121 Å². The van der Waals surface area contributed by atoms with E-state index in [2.05, 4.69) is 17.5 Å². The number of nitrogens with two attached hydrogens (primary N) is 1. The minimum absolute atomic E-state index is 0.128. The number of nitrogens with one attached hydrogen (secondary N) is 1. The molecular formula is C14H17F3N2S. The molecule has 1 saturated carbocycles. The number of alkyl halides is 3. The summed E-state index contributed by atoms with van der Waals surface area (Å²) in [5.74, 6) is 0.723. The predicted octanol–water partition coefficient (Wildman–Crippen LogP) is 3.94. The van der Waals surface area contributed by atoms with Crippen molar-refractivity contribution in [3.8, 4) is 0 Å². The highest BCUT2D eigenvalue weighted by Gasteiger charge is 2.34. The van der Waals surface area contributed by atoms with E-state index in [-0.39, 0.29) is 10.6 Å². The zero-order valence-electron chi connectivity index (χ0n) is 11.0. The van der Waals surface area contributed by atoms with Crippen LogP contribution < -0.4 is 11.1 Å². The molecule has 1 aromatic rings. The van der Waals surface area contributed by atoms with Gasteiger partial charge in [0.15, 0.2) is 0 Å². The van der Waals surface area contributed by atoms with E-state index >= 15 is 0 Å². The third-order valence-electron chi connectivity index (χ3n) is 3.70. The normalized spacial score (nSPS) is 15.8. The second-order valence-electron chi connectivity index (χ2n) is 5.13. The van der Waals surface area contributed by atoms with Crippen molar-refractivity contribution >= 4 is 22.9 Å². The molecule has 0 bridgehead atoms. The summed E-state index contributed by atoms with van der Waals surface area (Å²) >= 11 is 4.66. The second-order valence-corrected chi connectivity index (χ2v) is 5.57. The molecule has 0 radical (unpaired) electrons. The smallest absolute Gasteiger partial charge is 0.389 e. The molecule has 0 atom stereocenters. The molecule has 2 nitrogen and oxygen atoms in total. The molecule has 1 aliphatic rings. The minimum atomic E-state index is -4.45. The fourth-order valence-corrected chi connectivity index (χ4v) is 2.48. The third kappa shape index (κ3) is 3.62. The zero-order chi connectivity index (χ0) is 14.8. The average molecular weight is 302 g/mol. The topological polar surface area (TPSA) is 38.0 Å². The van der Waals surface area contributed by atoms with Gasteiger partial charge in [-0.15, -0.1) is 0 Å². The van der Waals surface area contributed by atoms with E-state index in [9.17, 15) is 13.2 Å². The quantitative estimate of drug-likeness (QED) is 0.809. The number of halogens is 3. The molecule has 6 heteroatoms. The lowest BCUT2D eigenvalue weighted by atomic mass is 9.83. The van der Waals surface area contributed by atoms with E-state index in [4.69, 9.17) is 5.73 Å². The van der Waals surface area contributed by atoms with Crippen LogP contribution in [0.1, 0.15) is 36.8 Å². The van der Waals surface area contributed by atoms with Gasteiger partial charge in [-0.25, -0.2) is 0 Å². The van der Waals surface area contributed by atoms with Crippen LogP contribution in [-0.4, -0.2) is 11.5 Å². The van der Waals surface area contributed by atoms with Crippen molar-refractivity contribution in [2.45, 2.75) is 31.9 Å². The monoisotopic (exact) mass is 302 g/mol. The van der Waals surface area contributed by atoms with Crippen LogP contribution in [0.25, 0.3) is 0 Å². The maximum absolute atomic E-state index is 13.0. The van der Waals surface area contributed by atoms with Crippen molar-refractivity contribution in [2.75, 3.05) is 11.9 Å². The first-order valence-corrected chi connectivity index (χ1v) is 7.03. The maximum atomic E-state index is 13.0. The lowest BCUT2D eigenvalue weighted by Gasteiger charge is -2.25. The standard InChI is InChI=1S/C14H17F3N2S/c15-14(16,17)12-8-10(4-5-11(12)13(18)20)19-7-6-9-2-1-3-9/h4-5,8-9,19H,1-3,6-7H2,(H2,18,20). The first-order valence-electron chi connectivity index (χ1n) is 6.63. The largest absolute Gasteiger partial charge is 0.417 e. The van der Waals surface area contributed by atoms with Crippen LogP contribution in [0.4, 0.5) is 18.9 Å². The fraction of sp³-hybridized carbons (Fsp3) is 0.500.